The highest BCUT2D eigenvalue weighted by Gasteiger charge is 2.26. The summed E-state index contributed by atoms with van der Waals surface area (Å²) in [4.78, 5) is 43.4. The molecule has 0 saturated carbocycles. The average Bonchev–Trinajstić information content (AvgIpc) is 3.24. The average molecular weight is 450 g/mol. The summed E-state index contributed by atoms with van der Waals surface area (Å²) >= 11 is 0. The van der Waals surface area contributed by atoms with Gasteiger partial charge in [-0.25, -0.2) is 0 Å². The molecule has 0 radical (unpaired) electrons. The maximum absolute atomic E-state index is 13.0. The number of ether oxygens (including phenoxy) is 1. The van der Waals surface area contributed by atoms with Crippen LogP contribution in [0.1, 0.15) is 36.3 Å². The van der Waals surface area contributed by atoms with Crippen LogP contribution in [-0.4, -0.2) is 41.0 Å². The van der Waals surface area contributed by atoms with Crippen molar-refractivity contribution in [1.29, 1.82) is 5.26 Å². The number of nitrogens with zero attached hydrogens (tertiary/aromatic N) is 1. The highest BCUT2D eigenvalue weighted by Crippen LogP contribution is 2.26. The number of benzene rings is 1. The molecule has 0 aliphatic heterocycles. The number of hydrogen-bond acceptors (Lipinski definition) is 5. The molecule has 2 atom stereocenters. The van der Waals surface area contributed by atoms with Crippen molar-refractivity contribution >= 4 is 22.7 Å². The monoisotopic (exact) mass is 449 g/mol. The molecule has 3 rings (SSSR count). The Labute approximate surface area is 191 Å². The standard InChI is InChI=1S/C24H27N5O4/c1-14(2)10-19(23(31)27-16(13-25)11-15-6-5-9-26-22(15)30)29-24(32)20-12-17-18(28-20)7-4-8-21(17)33-3/h4-9,12,14,16,19,28H,10-11H2,1-3H3,(H,26,30)(H,27,31)(H,29,32). The number of aromatic nitrogens is 2. The maximum atomic E-state index is 13.0. The third-order valence-corrected chi connectivity index (χ3v) is 5.21. The molecule has 0 aliphatic carbocycles. The fourth-order valence-corrected chi connectivity index (χ4v) is 3.60. The maximum Gasteiger partial charge on any atom is 0.268 e. The van der Waals surface area contributed by atoms with Gasteiger partial charge in [-0.1, -0.05) is 26.0 Å². The fourth-order valence-electron chi connectivity index (χ4n) is 3.60. The Bertz CT molecular complexity index is 1240. The van der Waals surface area contributed by atoms with Crippen molar-refractivity contribution in [2.75, 3.05) is 7.11 Å². The highest BCUT2D eigenvalue weighted by molar-refractivity contribution is 6.01. The zero-order valence-corrected chi connectivity index (χ0v) is 18.8. The van der Waals surface area contributed by atoms with Gasteiger partial charge < -0.3 is 25.3 Å². The molecule has 2 unspecified atom stereocenters. The normalized spacial score (nSPS) is 12.7. The zero-order valence-electron chi connectivity index (χ0n) is 18.8. The van der Waals surface area contributed by atoms with Crippen molar-refractivity contribution in [3.05, 3.63) is 64.2 Å². The SMILES string of the molecule is COc1cccc2[nH]c(C(=O)NC(CC(C)C)C(=O)NC(C#N)Cc3ccc[nH]c3=O)cc12. The van der Waals surface area contributed by atoms with Gasteiger partial charge in [0, 0.05) is 29.1 Å². The number of nitriles is 1. The molecule has 172 valence electrons. The molecule has 0 aliphatic rings. The first kappa shape index (κ1) is 23.6. The van der Waals surface area contributed by atoms with E-state index in [1.807, 2.05) is 32.0 Å². The minimum atomic E-state index is -0.912. The van der Waals surface area contributed by atoms with Crippen LogP contribution in [0, 0.1) is 17.2 Å². The third-order valence-electron chi connectivity index (χ3n) is 5.21. The summed E-state index contributed by atoms with van der Waals surface area (Å²) in [6, 6.07) is 10.6. The van der Waals surface area contributed by atoms with E-state index in [0.29, 0.717) is 23.4 Å². The second kappa shape index (κ2) is 10.5. The third kappa shape index (κ3) is 5.80. The summed E-state index contributed by atoms with van der Waals surface area (Å²) < 4.78 is 5.33. The number of rotatable bonds is 9. The molecule has 0 fully saturated rings. The van der Waals surface area contributed by atoms with Gasteiger partial charge in [0.05, 0.1) is 13.2 Å². The molecule has 9 heteroatoms. The van der Waals surface area contributed by atoms with Crippen molar-refractivity contribution in [2.24, 2.45) is 5.92 Å². The van der Waals surface area contributed by atoms with Crippen LogP contribution < -0.4 is 20.9 Å². The highest BCUT2D eigenvalue weighted by atomic mass is 16.5. The molecular formula is C24H27N5O4. The number of hydrogen-bond donors (Lipinski definition) is 4. The molecule has 4 N–H and O–H groups in total. The van der Waals surface area contributed by atoms with Gasteiger partial charge in [0.2, 0.25) is 5.91 Å². The van der Waals surface area contributed by atoms with Crippen LogP contribution >= 0.6 is 0 Å². The van der Waals surface area contributed by atoms with Crippen LogP contribution in [0.4, 0.5) is 0 Å². The molecule has 2 aromatic heterocycles. The summed E-state index contributed by atoms with van der Waals surface area (Å²) in [5.74, 6) is -0.180. The zero-order chi connectivity index (χ0) is 24.0. The Balaban J connectivity index is 1.75. The minimum absolute atomic E-state index is 0.0581. The quantitative estimate of drug-likeness (QED) is 0.397. The second-order valence-corrected chi connectivity index (χ2v) is 8.18. The Morgan fingerprint density at radius 2 is 1.97 bits per heavy atom. The molecule has 2 heterocycles. The Hall–Kier alpha value is -4.06. The van der Waals surface area contributed by atoms with Crippen LogP contribution in [0.2, 0.25) is 0 Å². The van der Waals surface area contributed by atoms with Crippen molar-refractivity contribution in [2.45, 2.75) is 38.8 Å². The summed E-state index contributed by atoms with van der Waals surface area (Å²) in [7, 11) is 1.55. The first-order chi connectivity index (χ1) is 15.8. The Morgan fingerprint density at radius 3 is 2.64 bits per heavy atom. The summed E-state index contributed by atoms with van der Waals surface area (Å²) in [5.41, 5.74) is 1.11. The summed E-state index contributed by atoms with van der Waals surface area (Å²) in [6.45, 7) is 3.87. The Kier molecular flexibility index (Phi) is 7.51. The van der Waals surface area contributed by atoms with Crippen molar-refractivity contribution in [3.63, 3.8) is 0 Å². The van der Waals surface area contributed by atoms with Gasteiger partial charge in [-0.15, -0.1) is 0 Å². The summed E-state index contributed by atoms with van der Waals surface area (Å²) in [6.07, 6.45) is 1.94. The number of H-pyrrole nitrogens is 2. The van der Waals surface area contributed by atoms with Crippen LogP contribution in [0.15, 0.2) is 47.4 Å². The number of nitrogens with one attached hydrogen (secondary N) is 4. The minimum Gasteiger partial charge on any atom is -0.496 e. The van der Waals surface area contributed by atoms with Gasteiger partial charge in [0.25, 0.3) is 11.5 Å². The number of fused-ring (bicyclic) bond motifs is 1. The van der Waals surface area contributed by atoms with E-state index in [-0.39, 0.29) is 17.9 Å². The fraction of sp³-hybridized carbons (Fsp3) is 0.333. The number of methoxy groups -OCH3 is 1. The first-order valence-corrected chi connectivity index (χ1v) is 10.7. The van der Waals surface area contributed by atoms with Gasteiger partial charge in [0.15, 0.2) is 0 Å². The van der Waals surface area contributed by atoms with Crippen molar-refractivity contribution in [1.82, 2.24) is 20.6 Å². The molecule has 33 heavy (non-hydrogen) atoms. The molecular weight excluding hydrogens is 422 g/mol. The molecule has 3 aromatic rings. The largest absolute Gasteiger partial charge is 0.496 e. The Morgan fingerprint density at radius 1 is 1.18 bits per heavy atom. The first-order valence-electron chi connectivity index (χ1n) is 10.7. The second-order valence-electron chi connectivity index (χ2n) is 8.18. The smallest absolute Gasteiger partial charge is 0.268 e. The predicted molar refractivity (Wildman–Crippen MR) is 124 cm³/mol. The molecule has 9 nitrogen and oxygen atoms in total. The number of pyridine rings is 1. The van der Waals surface area contributed by atoms with Crippen molar-refractivity contribution < 1.29 is 14.3 Å². The van der Waals surface area contributed by atoms with E-state index in [0.717, 1.165) is 10.9 Å². The topological polar surface area (TPSA) is 140 Å². The van der Waals surface area contributed by atoms with Gasteiger partial charge in [-0.2, -0.15) is 5.26 Å². The van der Waals surface area contributed by atoms with Crippen LogP contribution in [0.5, 0.6) is 5.75 Å². The summed E-state index contributed by atoms with van der Waals surface area (Å²) in [5, 5.41) is 15.7. The van der Waals surface area contributed by atoms with E-state index in [9.17, 15) is 19.6 Å². The van der Waals surface area contributed by atoms with E-state index >= 15 is 0 Å². The lowest BCUT2D eigenvalue weighted by molar-refractivity contribution is -0.123. The number of carbonyl (C=O) groups is 2. The van der Waals surface area contributed by atoms with Crippen LogP contribution in [-0.2, 0) is 11.2 Å². The number of carbonyl (C=O) groups excluding carboxylic acids is 2. The molecule has 0 saturated heterocycles. The molecule has 1 aromatic carbocycles. The predicted octanol–water partition coefficient (Wildman–Crippen LogP) is 2.26. The van der Waals surface area contributed by atoms with E-state index in [4.69, 9.17) is 4.74 Å². The van der Waals surface area contributed by atoms with E-state index in [1.54, 1.807) is 31.4 Å². The van der Waals surface area contributed by atoms with E-state index < -0.39 is 23.9 Å². The lowest BCUT2D eigenvalue weighted by Gasteiger charge is -2.21. The van der Waals surface area contributed by atoms with E-state index in [2.05, 4.69) is 20.6 Å². The van der Waals surface area contributed by atoms with Gasteiger partial charge >= 0.3 is 0 Å². The van der Waals surface area contributed by atoms with Gasteiger partial charge in [-0.3, -0.25) is 14.4 Å². The lowest BCUT2D eigenvalue weighted by atomic mass is 10.0. The number of amides is 2. The van der Waals surface area contributed by atoms with Gasteiger partial charge in [-0.05, 0) is 36.6 Å². The number of aromatic amines is 2. The lowest BCUT2D eigenvalue weighted by Crippen LogP contribution is -2.50. The molecule has 0 spiro atoms. The van der Waals surface area contributed by atoms with Crippen LogP contribution in [0.3, 0.4) is 0 Å². The molecule has 0 bridgehead atoms. The van der Waals surface area contributed by atoms with Gasteiger partial charge in [0.1, 0.15) is 23.5 Å². The molecule has 2 amide bonds. The van der Waals surface area contributed by atoms with Crippen molar-refractivity contribution in [3.8, 4) is 11.8 Å². The van der Waals surface area contributed by atoms with E-state index in [1.165, 1.54) is 6.20 Å². The van der Waals surface area contributed by atoms with Crippen LogP contribution in [0.25, 0.3) is 10.9 Å².